The van der Waals surface area contributed by atoms with E-state index >= 15 is 4.39 Å². The van der Waals surface area contributed by atoms with Crippen molar-refractivity contribution in [3.8, 4) is 5.75 Å². The molecule has 2 aromatic carbocycles. The Morgan fingerprint density at radius 3 is 2.44 bits per heavy atom. The minimum Gasteiger partial charge on any atom is -0.466 e. The maximum atomic E-state index is 15.2. The van der Waals surface area contributed by atoms with Gasteiger partial charge in [0.25, 0.3) is 0 Å². The zero-order valence-corrected chi connectivity index (χ0v) is 29.4. The number of unbranched alkanes of at least 4 members (excludes halogenated alkanes) is 2. The van der Waals surface area contributed by atoms with Crippen LogP contribution in [0.4, 0.5) is 26.7 Å². The van der Waals surface area contributed by atoms with Crippen molar-refractivity contribution in [2.75, 3.05) is 13.2 Å². The van der Waals surface area contributed by atoms with Crippen LogP contribution in [0.5, 0.6) is 5.75 Å². The topological polar surface area (TPSA) is 119 Å². The molecule has 0 saturated heterocycles. The largest absolute Gasteiger partial charge is 0.466 e. The number of hydrogen-bond acceptors (Lipinski definition) is 6. The lowest BCUT2D eigenvalue weighted by Gasteiger charge is -2.37. The minimum atomic E-state index is -4.93. The number of nitrogens with zero attached hydrogens (tertiary/aromatic N) is 1. The van der Waals surface area contributed by atoms with E-state index in [9.17, 15) is 31.9 Å². The summed E-state index contributed by atoms with van der Waals surface area (Å²) in [5.74, 6) is -3.07. The number of esters is 1. The molecule has 3 amide bonds. The third kappa shape index (κ3) is 11.3. The van der Waals surface area contributed by atoms with E-state index in [4.69, 9.17) is 16.3 Å². The molecule has 282 valence electrons. The van der Waals surface area contributed by atoms with Gasteiger partial charge in [-0.05, 0) is 68.0 Å². The quantitative estimate of drug-likeness (QED) is 0.0740. The van der Waals surface area contributed by atoms with E-state index in [1.165, 1.54) is 18.3 Å². The zero-order valence-electron chi connectivity index (χ0n) is 28.6. The van der Waals surface area contributed by atoms with Crippen molar-refractivity contribution in [2.24, 2.45) is 5.92 Å². The molecule has 0 spiro atoms. The summed E-state index contributed by atoms with van der Waals surface area (Å²) in [5.41, 5.74) is -1.20. The number of benzene rings is 2. The molecule has 3 aromatic rings. The van der Waals surface area contributed by atoms with Crippen LogP contribution in [0.2, 0.25) is 5.02 Å². The SMILES string of the molecule is CCOC(=O)CCCCCNC(=O)[C@H]1CCCC[C@H]1NC(=O)N[C@@](Cc1ccccc1)(c1cc(F)cc(OC(F)(F)C(F)F)c1)c1ccc(Cl)cn1. The average Bonchev–Trinajstić information content (AvgIpc) is 3.10. The summed E-state index contributed by atoms with van der Waals surface area (Å²) in [6.45, 7) is 2.45. The third-order valence-electron chi connectivity index (χ3n) is 8.76. The van der Waals surface area contributed by atoms with Crippen molar-refractivity contribution in [1.29, 1.82) is 0 Å². The highest BCUT2D eigenvalue weighted by Gasteiger charge is 2.45. The second-order valence-electron chi connectivity index (χ2n) is 12.6. The molecular formula is C37H42ClF5N4O5. The second-order valence-corrected chi connectivity index (χ2v) is 13.0. The van der Waals surface area contributed by atoms with Gasteiger partial charge >= 0.3 is 24.5 Å². The van der Waals surface area contributed by atoms with Crippen molar-refractivity contribution in [3.05, 3.63) is 94.5 Å². The Morgan fingerprint density at radius 1 is 1.00 bits per heavy atom. The summed E-state index contributed by atoms with van der Waals surface area (Å²) in [5, 5.41) is 8.94. The molecule has 3 atom stereocenters. The van der Waals surface area contributed by atoms with E-state index in [0.717, 1.165) is 25.0 Å². The van der Waals surface area contributed by atoms with Crippen LogP contribution in [0.15, 0.2) is 66.9 Å². The van der Waals surface area contributed by atoms with Crippen LogP contribution in [0.25, 0.3) is 0 Å². The molecule has 1 aromatic heterocycles. The first kappa shape index (κ1) is 40.3. The van der Waals surface area contributed by atoms with Gasteiger partial charge in [0.15, 0.2) is 0 Å². The molecule has 1 saturated carbocycles. The number of ether oxygens (including phenoxy) is 2. The van der Waals surface area contributed by atoms with Gasteiger partial charge in [0, 0.05) is 37.7 Å². The summed E-state index contributed by atoms with van der Waals surface area (Å²) in [7, 11) is 0. The summed E-state index contributed by atoms with van der Waals surface area (Å²) in [6.07, 6.45) is -3.17. The van der Waals surface area contributed by atoms with Crippen molar-refractivity contribution >= 4 is 29.5 Å². The van der Waals surface area contributed by atoms with Gasteiger partial charge in [0.2, 0.25) is 5.91 Å². The first-order valence-corrected chi connectivity index (χ1v) is 17.5. The number of urea groups is 1. The molecule has 9 nitrogen and oxygen atoms in total. The predicted octanol–water partition coefficient (Wildman–Crippen LogP) is 7.69. The number of alkyl halides is 4. The number of hydrogen-bond donors (Lipinski definition) is 3. The number of amides is 3. The van der Waals surface area contributed by atoms with Gasteiger partial charge in [0.1, 0.15) is 17.1 Å². The molecule has 1 heterocycles. The number of carbonyl (C=O) groups is 3. The first-order chi connectivity index (χ1) is 24.8. The van der Waals surface area contributed by atoms with Crippen LogP contribution >= 0.6 is 11.6 Å². The molecule has 3 N–H and O–H groups in total. The van der Waals surface area contributed by atoms with Gasteiger partial charge in [-0.25, -0.2) is 9.18 Å². The van der Waals surface area contributed by atoms with Crippen molar-refractivity contribution < 1.29 is 45.8 Å². The molecular weight excluding hydrogens is 711 g/mol. The molecule has 0 aliphatic heterocycles. The fourth-order valence-corrected chi connectivity index (χ4v) is 6.40. The van der Waals surface area contributed by atoms with Gasteiger partial charge in [0.05, 0.1) is 23.2 Å². The lowest BCUT2D eigenvalue weighted by atomic mass is 9.80. The van der Waals surface area contributed by atoms with Crippen LogP contribution in [-0.4, -0.2) is 54.6 Å². The van der Waals surface area contributed by atoms with Gasteiger partial charge < -0.3 is 25.4 Å². The van der Waals surface area contributed by atoms with Crippen molar-refractivity contribution in [2.45, 2.75) is 88.8 Å². The summed E-state index contributed by atoms with van der Waals surface area (Å²) >= 11 is 6.13. The van der Waals surface area contributed by atoms with E-state index in [0.29, 0.717) is 63.3 Å². The Morgan fingerprint density at radius 2 is 1.75 bits per heavy atom. The molecule has 0 radical (unpaired) electrons. The molecule has 0 unspecified atom stereocenters. The molecule has 1 fully saturated rings. The maximum Gasteiger partial charge on any atom is 0.461 e. The highest BCUT2D eigenvalue weighted by molar-refractivity contribution is 6.30. The molecule has 4 rings (SSSR count). The lowest BCUT2D eigenvalue weighted by molar-refractivity contribution is -0.253. The third-order valence-corrected chi connectivity index (χ3v) is 8.98. The molecule has 52 heavy (non-hydrogen) atoms. The zero-order chi connectivity index (χ0) is 37.7. The van der Waals surface area contributed by atoms with Gasteiger partial charge in [-0.2, -0.15) is 17.6 Å². The molecule has 1 aliphatic rings. The fraction of sp³-hybridized carbons (Fsp3) is 0.459. The molecule has 15 heteroatoms. The van der Waals surface area contributed by atoms with Gasteiger partial charge in [-0.1, -0.05) is 61.2 Å². The Kier molecular flexibility index (Phi) is 14.6. The Hall–Kier alpha value is -4.46. The monoisotopic (exact) mass is 752 g/mol. The van der Waals surface area contributed by atoms with E-state index in [-0.39, 0.29) is 34.6 Å². The van der Waals surface area contributed by atoms with Crippen molar-refractivity contribution in [3.63, 3.8) is 0 Å². The number of halogens is 6. The first-order valence-electron chi connectivity index (χ1n) is 17.2. The molecule has 1 aliphatic carbocycles. The smallest absolute Gasteiger partial charge is 0.461 e. The number of pyridine rings is 1. The Labute approximate surface area is 304 Å². The lowest BCUT2D eigenvalue weighted by Crippen LogP contribution is -2.57. The van der Waals surface area contributed by atoms with Crippen LogP contribution in [0, 0.1) is 11.7 Å². The highest BCUT2D eigenvalue weighted by atomic mass is 35.5. The normalized spacial score (nSPS) is 17.2. The van der Waals surface area contributed by atoms with Crippen LogP contribution < -0.4 is 20.7 Å². The van der Waals surface area contributed by atoms with Gasteiger partial charge in [-0.3, -0.25) is 14.6 Å². The minimum absolute atomic E-state index is 0.102. The standard InChI is InChI=1S/C37H42ClF5N4O5/c1-2-51-32(48)15-7-4-10-18-44-33(49)29-13-8-9-14-30(29)46-35(50)47-36(22-24-11-5-3-6-12-24,31-17-16-26(38)23-45-31)25-19-27(39)21-28(20-25)52-37(42,43)34(40)41/h3,5-6,11-12,16-17,19-21,23,29-30,34H,2,4,7-10,13-15,18,22H2,1H3,(H,44,49)(H2,46,47,50)/t29-,30+,36-/m0/s1. The summed E-state index contributed by atoms with van der Waals surface area (Å²) in [4.78, 5) is 43.3. The number of rotatable bonds is 17. The predicted molar refractivity (Wildman–Crippen MR) is 184 cm³/mol. The average molecular weight is 753 g/mol. The number of nitrogens with one attached hydrogen (secondary N) is 3. The van der Waals surface area contributed by atoms with Crippen LogP contribution in [0.3, 0.4) is 0 Å². The summed E-state index contributed by atoms with van der Waals surface area (Å²) in [6, 6.07) is 12.7. The fourth-order valence-electron chi connectivity index (χ4n) is 6.28. The number of aromatic nitrogens is 1. The van der Waals surface area contributed by atoms with E-state index in [1.54, 1.807) is 37.3 Å². The number of carbonyl (C=O) groups excluding carboxylic acids is 3. The van der Waals surface area contributed by atoms with Gasteiger partial charge in [-0.15, -0.1) is 0 Å². The highest BCUT2D eigenvalue weighted by Crippen LogP contribution is 2.37. The molecule has 0 bridgehead atoms. The Balaban J connectivity index is 1.61. The van der Waals surface area contributed by atoms with Crippen LogP contribution in [0.1, 0.15) is 75.1 Å². The maximum absolute atomic E-state index is 15.2. The summed E-state index contributed by atoms with van der Waals surface area (Å²) < 4.78 is 78.6. The van der Waals surface area contributed by atoms with Crippen LogP contribution in [-0.2, 0) is 26.3 Å². The van der Waals surface area contributed by atoms with E-state index in [2.05, 4.69) is 25.7 Å². The van der Waals surface area contributed by atoms with E-state index < -0.39 is 47.6 Å². The Bertz CT molecular complexity index is 1640. The second kappa shape index (κ2) is 18.9. The van der Waals surface area contributed by atoms with Crippen molar-refractivity contribution in [1.82, 2.24) is 20.9 Å². The van der Waals surface area contributed by atoms with E-state index in [1.807, 2.05) is 0 Å².